The zero-order valence-electron chi connectivity index (χ0n) is 15.4. The first-order valence-corrected chi connectivity index (χ1v) is 9.18. The summed E-state index contributed by atoms with van der Waals surface area (Å²) < 4.78 is 1.19. The van der Waals surface area contributed by atoms with Crippen molar-refractivity contribution >= 4 is 11.6 Å². The van der Waals surface area contributed by atoms with E-state index >= 15 is 0 Å². The van der Waals surface area contributed by atoms with Crippen molar-refractivity contribution in [2.24, 2.45) is 0 Å². The van der Waals surface area contributed by atoms with Crippen LogP contribution in [0.2, 0.25) is 0 Å². The van der Waals surface area contributed by atoms with Gasteiger partial charge in [-0.05, 0) is 36.6 Å². The monoisotopic (exact) mass is 361 g/mol. The van der Waals surface area contributed by atoms with Crippen molar-refractivity contribution in [3.8, 4) is 11.3 Å². The van der Waals surface area contributed by atoms with Gasteiger partial charge in [0.1, 0.15) is 6.54 Å². The molecule has 5 nitrogen and oxygen atoms in total. The number of nitrogens with one attached hydrogen (secondary N) is 1. The number of rotatable bonds is 7. The van der Waals surface area contributed by atoms with Crippen LogP contribution in [0.25, 0.3) is 11.3 Å². The molecule has 27 heavy (non-hydrogen) atoms. The number of unbranched alkanes of at least 4 members (excludes halogenated alkanes) is 1. The number of carbonyl (C=O) groups excluding carboxylic acids is 1. The van der Waals surface area contributed by atoms with E-state index < -0.39 is 0 Å². The number of aryl methyl sites for hydroxylation is 1. The van der Waals surface area contributed by atoms with Crippen molar-refractivity contribution in [1.82, 2.24) is 9.78 Å². The summed E-state index contributed by atoms with van der Waals surface area (Å²) in [4.78, 5) is 24.4. The van der Waals surface area contributed by atoms with E-state index in [1.807, 2.05) is 54.6 Å². The lowest BCUT2D eigenvalue weighted by molar-refractivity contribution is -0.117. The lowest BCUT2D eigenvalue weighted by Crippen LogP contribution is -2.29. The third-order valence-electron chi connectivity index (χ3n) is 4.29. The largest absolute Gasteiger partial charge is 0.324 e. The van der Waals surface area contributed by atoms with E-state index in [1.54, 1.807) is 6.07 Å². The Morgan fingerprint density at radius 2 is 1.74 bits per heavy atom. The van der Waals surface area contributed by atoms with Crippen LogP contribution in [0.3, 0.4) is 0 Å². The minimum absolute atomic E-state index is 0.128. The van der Waals surface area contributed by atoms with Gasteiger partial charge in [-0.25, -0.2) is 4.68 Å². The van der Waals surface area contributed by atoms with Crippen LogP contribution in [0.1, 0.15) is 25.3 Å². The van der Waals surface area contributed by atoms with Crippen LogP contribution < -0.4 is 10.9 Å². The van der Waals surface area contributed by atoms with Crippen LogP contribution in [-0.4, -0.2) is 15.7 Å². The maximum atomic E-state index is 12.3. The van der Waals surface area contributed by atoms with Gasteiger partial charge in [0.2, 0.25) is 5.91 Å². The van der Waals surface area contributed by atoms with E-state index in [0.29, 0.717) is 11.4 Å². The van der Waals surface area contributed by atoms with Crippen molar-refractivity contribution in [2.45, 2.75) is 32.7 Å². The van der Waals surface area contributed by atoms with Gasteiger partial charge in [-0.15, -0.1) is 0 Å². The third kappa shape index (κ3) is 5.14. The van der Waals surface area contributed by atoms with Gasteiger partial charge < -0.3 is 5.32 Å². The summed E-state index contributed by atoms with van der Waals surface area (Å²) >= 11 is 0. The molecule has 138 valence electrons. The van der Waals surface area contributed by atoms with E-state index in [1.165, 1.54) is 16.3 Å². The zero-order valence-corrected chi connectivity index (χ0v) is 15.4. The molecule has 0 saturated carbocycles. The summed E-state index contributed by atoms with van der Waals surface area (Å²) in [6.07, 6.45) is 3.34. The molecular weight excluding hydrogens is 338 g/mol. The number of anilines is 1. The molecule has 1 amide bonds. The van der Waals surface area contributed by atoms with Gasteiger partial charge in [0.25, 0.3) is 5.56 Å². The van der Waals surface area contributed by atoms with Crippen molar-refractivity contribution in [3.05, 3.63) is 82.6 Å². The molecule has 1 aromatic heterocycles. The number of carbonyl (C=O) groups is 1. The molecule has 0 unspecified atom stereocenters. The Morgan fingerprint density at radius 3 is 2.44 bits per heavy atom. The highest BCUT2D eigenvalue weighted by Gasteiger charge is 2.08. The van der Waals surface area contributed by atoms with Crippen molar-refractivity contribution in [1.29, 1.82) is 0 Å². The number of amides is 1. The SMILES string of the molecule is CCCCc1ccc(NC(=O)Cn2nc(-c3ccccc3)ccc2=O)cc1. The molecule has 0 spiro atoms. The molecule has 0 bridgehead atoms. The van der Waals surface area contributed by atoms with Gasteiger partial charge in [0, 0.05) is 17.3 Å². The maximum Gasteiger partial charge on any atom is 0.267 e. The molecule has 0 fully saturated rings. The summed E-state index contributed by atoms with van der Waals surface area (Å²) in [5.74, 6) is -0.281. The second kappa shape index (κ2) is 8.94. The van der Waals surface area contributed by atoms with Gasteiger partial charge in [-0.1, -0.05) is 55.8 Å². The lowest BCUT2D eigenvalue weighted by Gasteiger charge is -2.09. The van der Waals surface area contributed by atoms with Gasteiger partial charge in [-0.2, -0.15) is 5.10 Å². The molecule has 2 aromatic carbocycles. The molecule has 3 rings (SSSR count). The number of hydrogen-bond donors (Lipinski definition) is 1. The van der Waals surface area contributed by atoms with Crippen LogP contribution in [0.5, 0.6) is 0 Å². The molecule has 1 N–H and O–H groups in total. The van der Waals surface area contributed by atoms with Gasteiger partial charge in [0.05, 0.1) is 5.69 Å². The van der Waals surface area contributed by atoms with Crippen LogP contribution in [0, 0.1) is 0 Å². The summed E-state index contributed by atoms with van der Waals surface area (Å²) in [7, 11) is 0. The molecule has 5 heteroatoms. The Kier molecular flexibility index (Phi) is 6.15. The number of aromatic nitrogens is 2. The minimum Gasteiger partial charge on any atom is -0.324 e. The molecule has 0 aliphatic rings. The third-order valence-corrected chi connectivity index (χ3v) is 4.29. The Balaban J connectivity index is 1.68. The molecule has 0 aliphatic heterocycles. The zero-order chi connectivity index (χ0) is 19.1. The number of hydrogen-bond acceptors (Lipinski definition) is 3. The molecule has 1 heterocycles. The first-order valence-electron chi connectivity index (χ1n) is 9.18. The average Bonchev–Trinajstić information content (AvgIpc) is 2.70. The van der Waals surface area contributed by atoms with Crippen molar-refractivity contribution in [2.75, 3.05) is 5.32 Å². The smallest absolute Gasteiger partial charge is 0.267 e. The molecule has 0 atom stereocenters. The Morgan fingerprint density at radius 1 is 1.00 bits per heavy atom. The topological polar surface area (TPSA) is 64.0 Å². The Labute approximate surface area is 158 Å². The lowest BCUT2D eigenvalue weighted by atomic mass is 10.1. The van der Waals surface area contributed by atoms with E-state index in [2.05, 4.69) is 17.3 Å². The average molecular weight is 361 g/mol. The van der Waals surface area contributed by atoms with Crippen molar-refractivity contribution < 1.29 is 4.79 Å². The predicted octanol–water partition coefficient (Wildman–Crippen LogP) is 3.89. The predicted molar refractivity (Wildman–Crippen MR) is 108 cm³/mol. The second-order valence-corrected chi connectivity index (χ2v) is 6.43. The van der Waals surface area contributed by atoms with Crippen molar-refractivity contribution in [3.63, 3.8) is 0 Å². The maximum absolute atomic E-state index is 12.3. The van der Waals surface area contributed by atoms with Crippen LogP contribution in [0.15, 0.2) is 71.5 Å². The first-order chi connectivity index (χ1) is 13.2. The van der Waals surface area contributed by atoms with E-state index in [-0.39, 0.29) is 18.0 Å². The molecular formula is C22H23N3O2. The molecule has 0 saturated heterocycles. The summed E-state index contributed by atoms with van der Waals surface area (Å²) in [5, 5.41) is 7.14. The van der Waals surface area contributed by atoms with E-state index in [9.17, 15) is 9.59 Å². The minimum atomic E-state index is -0.306. The highest BCUT2D eigenvalue weighted by atomic mass is 16.2. The fourth-order valence-corrected chi connectivity index (χ4v) is 2.80. The van der Waals surface area contributed by atoms with Gasteiger partial charge in [0.15, 0.2) is 0 Å². The van der Waals surface area contributed by atoms with Crippen LogP contribution >= 0.6 is 0 Å². The molecule has 0 radical (unpaired) electrons. The first kappa shape index (κ1) is 18.6. The standard InChI is InChI=1S/C22H23N3O2/c1-2-3-7-17-10-12-19(13-11-17)23-21(26)16-25-22(27)15-14-20(24-25)18-8-5-4-6-9-18/h4-6,8-15H,2-3,7,16H2,1H3,(H,23,26). The summed E-state index contributed by atoms with van der Waals surface area (Å²) in [5.41, 5.74) is 3.22. The van der Waals surface area contributed by atoms with E-state index in [4.69, 9.17) is 0 Å². The summed E-state index contributed by atoms with van der Waals surface area (Å²) in [6.45, 7) is 2.04. The fourth-order valence-electron chi connectivity index (χ4n) is 2.80. The van der Waals surface area contributed by atoms with Gasteiger partial charge in [-0.3, -0.25) is 9.59 Å². The highest BCUT2D eigenvalue weighted by molar-refractivity contribution is 5.90. The highest BCUT2D eigenvalue weighted by Crippen LogP contribution is 2.14. The Hall–Kier alpha value is -3.21. The normalized spacial score (nSPS) is 10.6. The van der Waals surface area contributed by atoms with Gasteiger partial charge >= 0.3 is 0 Å². The van der Waals surface area contributed by atoms with Crippen LogP contribution in [0.4, 0.5) is 5.69 Å². The molecule has 3 aromatic rings. The summed E-state index contributed by atoms with van der Waals surface area (Å²) in [6, 6.07) is 20.5. The second-order valence-electron chi connectivity index (χ2n) is 6.43. The quantitative estimate of drug-likeness (QED) is 0.694. The van der Waals surface area contributed by atoms with E-state index in [0.717, 1.165) is 24.8 Å². The molecule has 0 aliphatic carbocycles. The Bertz CT molecular complexity index is 947. The fraction of sp³-hybridized carbons (Fsp3) is 0.227. The number of nitrogens with zero attached hydrogens (tertiary/aromatic N) is 2. The number of benzene rings is 2. The van der Waals surface area contributed by atoms with Crippen LogP contribution in [-0.2, 0) is 17.8 Å².